The number of H-pyrrole nitrogens is 1. The summed E-state index contributed by atoms with van der Waals surface area (Å²) in [4.78, 5) is 38.1. The third-order valence-corrected chi connectivity index (χ3v) is 6.95. The maximum absolute atomic E-state index is 13.8. The molecule has 0 spiro atoms. The van der Waals surface area contributed by atoms with E-state index in [0.29, 0.717) is 0 Å². The van der Waals surface area contributed by atoms with Gasteiger partial charge in [-0.2, -0.15) is 5.09 Å². The van der Waals surface area contributed by atoms with Crippen LogP contribution in [0.15, 0.2) is 52.2 Å². The van der Waals surface area contributed by atoms with E-state index in [4.69, 9.17) is 24.9 Å². The Morgan fingerprint density at radius 2 is 1.95 bits per heavy atom. The van der Waals surface area contributed by atoms with Crippen LogP contribution in [0.25, 0.3) is 0 Å². The SMILES string of the molecule is C#C[C@]1(COP(=O)(N[C@@H](C)C(=O)OC(C)(C)C)Oc2ccccc2)O[C@@H](n2ccc(=O)[nH]c2=O)[C@H](O)[C@@H]1O. The molecular weight excluding hydrogens is 521 g/mol. The summed E-state index contributed by atoms with van der Waals surface area (Å²) in [5, 5.41) is 23.9. The molecule has 206 valence electrons. The number of nitrogens with one attached hydrogen (secondary N) is 2. The average molecular weight is 551 g/mol. The van der Waals surface area contributed by atoms with Gasteiger partial charge in [0.2, 0.25) is 0 Å². The molecule has 2 heterocycles. The number of hydrogen-bond donors (Lipinski definition) is 4. The van der Waals surface area contributed by atoms with Gasteiger partial charge in [-0.25, -0.2) is 9.36 Å². The minimum Gasteiger partial charge on any atom is -0.459 e. The Kier molecular flexibility index (Phi) is 8.68. The van der Waals surface area contributed by atoms with Crippen molar-refractivity contribution >= 4 is 13.7 Å². The van der Waals surface area contributed by atoms with Gasteiger partial charge in [0.25, 0.3) is 5.56 Å². The van der Waals surface area contributed by atoms with E-state index in [0.717, 1.165) is 16.8 Å². The summed E-state index contributed by atoms with van der Waals surface area (Å²) in [6.45, 7) is 5.59. The molecule has 38 heavy (non-hydrogen) atoms. The molecule has 0 bridgehead atoms. The van der Waals surface area contributed by atoms with E-state index in [1.165, 1.54) is 19.1 Å². The number of aliphatic hydroxyl groups excluding tert-OH is 2. The monoisotopic (exact) mass is 551 g/mol. The van der Waals surface area contributed by atoms with Crippen LogP contribution in [0.5, 0.6) is 5.75 Å². The van der Waals surface area contributed by atoms with Crippen LogP contribution in [0.3, 0.4) is 0 Å². The van der Waals surface area contributed by atoms with Gasteiger partial charge in [0.15, 0.2) is 11.8 Å². The predicted molar refractivity (Wildman–Crippen MR) is 134 cm³/mol. The molecule has 1 unspecified atom stereocenters. The van der Waals surface area contributed by atoms with E-state index >= 15 is 0 Å². The lowest BCUT2D eigenvalue weighted by Gasteiger charge is -2.30. The summed E-state index contributed by atoms with van der Waals surface area (Å²) in [6.07, 6.45) is 1.62. The van der Waals surface area contributed by atoms with E-state index in [9.17, 15) is 29.2 Å². The fourth-order valence-electron chi connectivity index (χ4n) is 3.49. The van der Waals surface area contributed by atoms with Gasteiger partial charge in [0.1, 0.15) is 36.2 Å². The molecule has 13 nitrogen and oxygen atoms in total. The normalized spacial score (nSPS) is 25.7. The van der Waals surface area contributed by atoms with Crippen LogP contribution in [-0.4, -0.2) is 61.8 Å². The zero-order valence-corrected chi connectivity index (χ0v) is 22.1. The number of terminal acetylenes is 1. The summed E-state index contributed by atoms with van der Waals surface area (Å²) in [5.74, 6) is 1.58. The van der Waals surface area contributed by atoms with Crippen LogP contribution in [0.1, 0.15) is 33.9 Å². The highest BCUT2D eigenvalue weighted by Gasteiger charge is 2.56. The van der Waals surface area contributed by atoms with Crippen molar-refractivity contribution in [2.75, 3.05) is 6.61 Å². The number of aromatic amines is 1. The van der Waals surface area contributed by atoms with E-state index < -0.39 is 67.3 Å². The molecule has 0 amide bonds. The number of aliphatic hydroxyl groups is 2. The molecule has 1 aromatic heterocycles. The second-order valence-electron chi connectivity index (χ2n) is 9.55. The summed E-state index contributed by atoms with van der Waals surface area (Å²) in [5.41, 5.74) is -4.53. The largest absolute Gasteiger partial charge is 0.459 e. The molecule has 0 saturated carbocycles. The van der Waals surface area contributed by atoms with Gasteiger partial charge in [0.05, 0.1) is 0 Å². The molecule has 1 aliphatic heterocycles. The minimum absolute atomic E-state index is 0.125. The number of benzene rings is 1. The van der Waals surface area contributed by atoms with Crippen molar-refractivity contribution in [3.8, 4) is 18.1 Å². The molecule has 1 aromatic carbocycles. The lowest BCUT2D eigenvalue weighted by Crippen LogP contribution is -2.46. The first kappa shape index (κ1) is 29.3. The Morgan fingerprint density at radius 3 is 2.53 bits per heavy atom. The first-order valence-corrected chi connectivity index (χ1v) is 13.1. The maximum Gasteiger partial charge on any atom is 0.459 e. The number of para-hydroxylation sites is 1. The van der Waals surface area contributed by atoms with Gasteiger partial charge >= 0.3 is 19.4 Å². The highest BCUT2D eigenvalue weighted by atomic mass is 31.2. The Bertz CT molecular complexity index is 1350. The Morgan fingerprint density at radius 1 is 1.29 bits per heavy atom. The molecule has 0 aliphatic carbocycles. The topological polar surface area (TPSA) is 178 Å². The van der Waals surface area contributed by atoms with Crippen molar-refractivity contribution in [3.63, 3.8) is 0 Å². The number of hydrogen-bond acceptors (Lipinski definition) is 10. The highest BCUT2D eigenvalue weighted by Crippen LogP contribution is 2.47. The second-order valence-corrected chi connectivity index (χ2v) is 11.2. The Hall–Kier alpha value is -3.24. The van der Waals surface area contributed by atoms with Crippen LogP contribution in [0.4, 0.5) is 0 Å². The van der Waals surface area contributed by atoms with Gasteiger partial charge in [-0.3, -0.25) is 23.7 Å². The number of rotatable bonds is 9. The first-order chi connectivity index (χ1) is 17.7. The quantitative estimate of drug-likeness (QED) is 0.196. The molecule has 4 N–H and O–H groups in total. The number of nitrogens with zero attached hydrogens (tertiary/aromatic N) is 1. The molecule has 1 saturated heterocycles. The van der Waals surface area contributed by atoms with E-state index in [2.05, 4.69) is 11.0 Å². The lowest BCUT2D eigenvalue weighted by molar-refractivity contribution is -0.156. The minimum atomic E-state index is -4.41. The molecular formula is C24H30N3O10P. The molecule has 2 aromatic rings. The first-order valence-electron chi connectivity index (χ1n) is 11.5. The third-order valence-electron chi connectivity index (χ3n) is 5.32. The average Bonchev–Trinajstić information content (AvgIpc) is 3.08. The number of ether oxygens (including phenoxy) is 2. The number of carbonyl (C=O) groups is 1. The fraction of sp³-hybridized carbons (Fsp3) is 0.458. The van der Waals surface area contributed by atoms with E-state index in [1.807, 2.05) is 4.98 Å². The van der Waals surface area contributed by atoms with Gasteiger partial charge in [-0.15, -0.1) is 6.42 Å². The lowest BCUT2D eigenvalue weighted by atomic mass is 9.97. The maximum atomic E-state index is 13.8. The summed E-state index contributed by atoms with van der Waals surface area (Å²) in [6, 6.07) is 7.77. The van der Waals surface area contributed by atoms with Gasteiger partial charge in [0, 0.05) is 12.3 Å². The standard InChI is InChI=1S/C24H30N3O10P/c1-6-24(19(30)18(29)20(35-24)27-13-12-17(28)25-22(27)32)14-34-38(33,37-16-10-8-7-9-11-16)26-15(2)21(31)36-23(3,4)5/h1,7-13,15,18-20,29-30H,14H2,2-5H3,(H,26,33)(H,25,28,32)/t15-,18+,19-,20+,24+,38?/m0/s1. The summed E-state index contributed by atoms with van der Waals surface area (Å²) < 4.78 is 36.7. The smallest absolute Gasteiger partial charge is 0.459 e. The van der Waals surface area contributed by atoms with E-state index in [1.54, 1.807) is 39.0 Å². The van der Waals surface area contributed by atoms with Crippen molar-refractivity contribution in [2.24, 2.45) is 0 Å². The molecule has 14 heteroatoms. The highest BCUT2D eigenvalue weighted by molar-refractivity contribution is 7.52. The van der Waals surface area contributed by atoms with Crippen molar-refractivity contribution < 1.29 is 38.1 Å². The van der Waals surface area contributed by atoms with Gasteiger partial charge in [-0.05, 0) is 39.8 Å². The van der Waals surface area contributed by atoms with Crippen LogP contribution >= 0.6 is 7.75 Å². The van der Waals surface area contributed by atoms with Crippen LogP contribution in [0.2, 0.25) is 0 Å². The van der Waals surface area contributed by atoms with Crippen LogP contribution in [0, 0.1) is 12.3 Å². The van der Waals surface area contributed by atoms with Gasteiger partial charge < -0.3 is 24.2 Å². The number of esters is 1. The zero-order chi connectivity index (χ0) is 28.3. The summed E-state index contributed by atoms with van der Waals surface area (Å²) in [7, 11) is -4.41. The molecule has 3 rings (SSSR count). The molecule has 0 radical (unpaired) electrons. The van der Waals surface area contributed by atoms with Gasteiger partial charge in [-0.1, -0.05) is 24.1 Å². The van der Waals surface area contributed by atoms with Crippen LogP contribution < -0.4 is 20.9 Å². The molecule has 1 fully saturated rings. The second kappa shape index (κ2) is 11.2. The Balaban J connectivity index is 1.87. The zero-order valence-electron chi connectivity index (χ0n) is 21.2. The molecule has 6 atom stereocenters. The third kappa shape index (κ3) is 6.79. The van der Waals surface area contributed by atoms with E-state index in [-0.39, 0.29) is 5.75 Å². The predicted octanol–water partition coefficient (Wildman–Crippen LogP) is 0.683. The van der Waals surface area contributed by atoms with Crippen molar-refractivity contribution in [1.82, 2.24) is 14.6 Å². The Labute approximate surface area is 218 Å². The number of aromatic nitrogens is 2. The number of carbonyl (C=O) groups excluding carboxylic acids is 1. The molecule has 1 aliphatic rings. The summed E-state index contributed by atoms with van der Waals surface area (Å²) >= 11 is 0. The van der Waals surface area contributed by atoms with Crippen LogP contribution in [-0.2, 0) is 23.4 Å². The van der Waals surface area contributed by atoms with Crippen molar-refractivity contribution in [3.05, 3.63) is 63.4 Å². The fourth-order valence-corrected chi connectivity index (χ4v) is 5.01. The van der Waals surface area contributed by atoms with Crippen molar-refractivity contribution in [1.29, 1.82) is 0 Å². The van der Waals surface area contributed by atoms with Crippen molar-refractivity contribution in [2.45, 2.75) is 63.4 Å².